The number of hydrogen-bond donors (Lipinski definition) is 1. The van der Waals surface area contributed by atoms with Gasteiger partial charge in [-0.25, -0.2) is 13.6 Å². The van der Waals surface area contributed by atoms with Crippen LogP contribution in [0.15, 0.2) is 48.5 Å². The van der Waals surface area contributed by atoms with E-state index in [1.807, 2.05) is 0 Å². The van der Waals surface area contributed by atoms with Crippen LogP contribution in [0.1, 0.15) is 10.4 Å². The fourth-order valence-corrected chi connectivity index (χ4v) is 1.58. The van der Waals surface area contributed by atoms with Crippen molar-refractivity contribution >= 4 is 17.6 Å². The zero-order chi connectivity index (χ0) is 15.2. The Morgan fingerprint density at radius 1 is 1.05 bits per heavy atom. The number of esters is 1. The second kappa shape index (κ2) is 6.60. The van der Waals surface area contributed by atoms with E-state index < -0.39 is 35.7 Å². The Bertz CT molecular complexity index is 659. The first-order valence-electron chi connectivity index (χ1n) is 6.03. The highest BCUT2D eigenvalue weighted by atomic mass is 19.1. The number of amides is 1. The highest BCUT2D eigenvalue weighted by molar-refractivity contribution is 5.95. The number of carbonyl (C=O) groups is 2. The molecular formula is C15H11F2NO3. The van der Waals surface area contributed by atoms with Crippen molar-refractivity contribution in [2.75, 3.05) is 11.9 Å². The second-order valence-electron chi connectivity index (χ2n) is 4.11. The summed E-state index contributed by atoms with van der Waals surface area (Å²) in [4.78, 5) is 23.1. The molecule has 0 aliphatic carbocycles. The van der Waals surface area contributed by atoms with Crippen molar-refractivity contribution in [3.63, 3.8) is 0 Å². The van der Waals surface area contributed by atoms with Gasteiger partial charge in [-0.1, -0.05) is 18.2 Å². The van der Waals surface area contributed by atoms with Crippen LogP contribution in [0.25, 0.3) is 0 Å². The smallest absolute Gasteiger partial charge is 0.341 e. The molecule has 0 saturated carbocycles. The minimum Gasteiger partial charge on any atom is -0.452 e. The van der Waals surface area contributed by atoms with Gasteiger partial charge in [0.05, 0.1) is 5.56 Å². The fourth-order valence-electron chi connectivity index (χ4n) is 1.58. The molecule has 0 aromatic heterocycles. The average molecular weight is 291 g/mol. The number of benzene rings is 2. The summed E-state index contributed by atoms with van der Waals surface area (Å²) in [6, 6.07) is 11.0. The minimum atomic E-state index is -1.04. The van der Waals surface area contributed by atoms with E-state index in [-0.39, 0.29) is 0 Å². The topological polar surface area (TPSA) is 55.4 Å². The highest BCUT2D eigenvalue weighted by Gasteiger charge is 2.15. The molecule has 2 rings (SSSR count). The molecule has 0 saturated heterocycles. The molecule has 1 N–H and O–H groups in total. The van der Waals surface area contributed by atoms with Gasteiger partial charge in [-0.3, -0.25) is 4.79 Å². The molecule has 0 aliphatic rings. The SMILES string of the molecule is O=C(COC(=O)c1ccc(F)cc1F)Nc1ccccc1. The summed E-state index contributed by atoms with van der Waals surface area (Å²) >= 11 is 0. The van der Waals surface area contributed by atoms with Crippen molar-refractivity contribution in [3.8, 4) is 0 Å². The predicted molar refractivity (Wildman–Crippen MR) is 71.7 cm³/mol. The summed E-state index contributed by atoms with van der Waals surface area (Å²) in [6.07, 6.45) is 0. The number of ether oxygens (including phenoxy) is 1. The van der Waals surface area contributed by atoms with Gasteiger partial charge in [-0.2, -0.15) is 0 Å². The monoisotopic (exact) mass is 291 g/mol. The van der Waals surface area contributed by atoms with Crippen LogP contribution in [0.2, 0.25) is 0 Å². The number of para-hydroxylation sites is 1. The Morgan fingerprint density at radius 2 is 1.76 bits per heavy atom. The maximum Gasteiger partial charge on any atom is 0.341 e. The van der Waals surface area contributed by atoms with Crippen molar-refractivity contribution in [3.05, 3.63) is 65.7 Å². The summed E-state index contributed by atoms with van der Waals surface area (Å²) in [6.45, 7) is -0.565. The molecule has 0 bridgehead atoms. The van der Waals surface area contributed by atoms with Gasteiger partial charge in [0.15, 0.2) is 6.61 Å². The summed E-state index contributed by atoms with van der Waals surface area (Å²) < 4.78 is 30.7. The lowest BCUT2D eigenvalue weighted by molar-refractivity contribution is -0.119. The summed E-state index contributed by atoms with van der Waals surface area (Å²) in [5.41, 5.74) is 0.121. The Balaban J connectivity index is 1.90. The van der Waals surface area contributed by atoms with Crippen molar-refractivity contribution in [1.82, 2.24) is 0 Å². The molecule has 0 fully saturated rings. The van der Waals surface area contributed by atoms with E-state index >= 15 is 0 Å². The lowest BCUT2D eigenvalue weighted by Gasteiger charge is -2.07. The van der Waals surface area contributed by atoms with E-state index in [9.17, 15) is 18.4 Å². The van der Waals surface area contributed by atoms with Crippen LogP contribution in [0.3, 0.4) is 0 Å². The lowest BCUT2D eigenvalue weighted by atomic mass is 10.2. The van der Waals surface area contributed by atoms with Crippen LogP contribution < -0.4 is 5.32 Å². The number of hydrogen-bond acceptors (Lipinski definition) is 3. The summed E-state index contributed by atoms with van der Waals surface area (Å²) in [7, 11) is 0. The third-order valence-corrected chi connectivity index (χ3v) is 2.54. The van der Waals surface area contributed by atoms with Crippen LogP contribution in [0.5, 0.6) is 0 Å². The maximum atomic E-state index is 13.3. The van der Waals surface area contributed by atoms with Gasteiger partial charge < -0.3 is 10.1 Å². The molecule has 108 valence electrons. The van der Waals surface area contributed by atoms with Gasteiger partial charge in [-0.15, -0.1) is 0 Å². The fraction of sp³-hybridized carbons (Fsp3) is 0.0667. The number of anilines is 1. The largest absolute Gasteiger partial charge is 0.452 e. The first-order chi connectivity index (χ1) is 10.1. The third kappa shape index (κ3) is 4.10. The normalized spacial score (nSPS) is 10.0. The molecule has 0 unspecified atom stereocenters. The zero-order valence-electron chi connectivity index (χ0n) is 10.8. The first kappa shape index (κ1) is 14.6. The standard InChI is InChI=1S/C15H11F2NO3/c16-10-6-7-12(13(17)8-10)15(20)21-9-14(19)18-11-4-2-1-3-5-11/h1-8H,9H2,(H,18,19). The van der Waals surface area contributed by atoms with Gasteiger partial charge in [-0.05, 0) is 24.3 Å². The Hall–Kier alpha value is -2.76. The van der Waals surface area contributed by atoms with Gasteiger partial charge in [0.2, 0.25) is 0 Å². The van der Waals surface area contributed by atoms with E-state index in [2.05, 4.69) is 10.1 Å². The van der Waals surface area contributed by atoms with Crippen LogP contribution in [-0.2, 0) is 9.53 Å². The van der Waals surface area contributed by atoms with Crippen LogP contribution in [0.4, 0.5) is 14.5 Å². The van der Waals surface area contributed by atoms with Crippen LogP contribution >= 0.6 is 0 Å². The van der Waals surface area contributed by atoms with E-state index in [4.69, 9.17) is 0 Å². The number of rotatable bonds is 4. The zero-order valence-corrected chi connectivity index (χ0v) is 10.8. The molecule has 0 heterocycles. The molecule has 1 amide bonds. The van der Waals surface area contributed by atoms with E-state index in [1.54, 1.807) is 30.3 Å². The maximum absolute atomic E-state index is 13.3. The van der Waals surface area contributed by atoms with Gasteiger partial charge in [0.1, 0.15) is 11.6 Å². The van der Waals surface area contributed by atoms with Gasteiger partial charge in [0.25, 0.3) is 5.91 Å². The van der Waals surface area contributed by atoms with E-state index in [0.717, 1.165) is 12.1 Å². The van der Waals surface area contributed by atoms with Crippen LogP contribution in [-0.4, -0.2) is 18.5 Å². The summed E-state index contributed by atoms with van der Waals surface area (Å²) in [5, 5.41) is 2.50. The van der Waals surface area contributed by atoms with Gasteiger partial charge >= 0.3 is 5.97 Å². The number of nitrogens with one attached hydrogen (secondary N) is 1. The molecule has 0 atom stereocenters. The quantitative estimate of drug-likeness (QED) is 0.881. The van der Waals surface area contributed by atoms with Crippen molar-refractivity contribution in [1.29, 1.82) is 0 Å². The number of carbonyl (C=O) groups excluding carboxylic acids is 2. The lowest BCUT2D eigenvalue weighted by Crippen LogP contribution is -2.21. The van der Waals surface area contributed by atoms with E-state index in [1.165, 1.54) is 0 Å². The van der Waals surface area contributed by atoms with Gasteiger partial charge in [0, 0.05) is 11.8 Å². The molecule has 0 radical (unpaired) electrons. The molecule has 0 spiro atoms. The Labute approximate surface area is 119 Å². The van der Waals surface area contributed by atoms with Crippen LogP contribution in [0, 0.1) is 11.6 Å². The molecule has 2 aromatic rings. The van der Waals surface area contributed by atoms with Crippen molar-refractivity contribution in [2.45, 2.75) is 0 Å². The third-order valence-electron chi connectivity index (χ3n) is 2.54. The highest BCUT2D eigenvalue weighted by Crippen LogP contribution is 2.11. The molecular weight excluding hydrogens is 280 g/mol. The minimum absolute atomic E-state index is 0.427. The molecule has 6 heteroatoms. The van der Waals surface area contributed by atoms with E-state index in [0.29, 0.717) is 11.8 Å². The Morgan fingerprint density at radius 3 is 2.43 bits per heavy atom. The molecule has 0 aliphatic heterocycles. The van der Waals surface area contributed by atoms with Crippen molar-refractivity contribution < 1.29 is 23.1 Å². The molecule has 2 aromatic carbocycles. The second-order valence-corrected chi connectivity index (χ2v) is 4.11. The summed E-state index contributed by atoms with van der Waals surface area (Å²) in [5.74, 6) is -3.43. The average Bonchev–Trinajstić information content (AvgIpc) is 2.46. The molecule has 4 nitrogen and oxygen atoms in total. The first-order valence-corrected chi connectivity index (χ1v) is 6.03. The number of halogens is 2. The molecule has 21 heavy (non-hydrogen) atoms. The predicted octanol–water partition coefficient (Wildman–Crippen LogP) is 2.76. The van der Waals surface area contributed by atoms with Crippen molar-refractivity contribution in [2.24, 2.45) is 0 Å². The Kier molecular flexibility index (Phi) is 4.61.